The van der Waals surface area contributed by atoms with Crippen LogP contribution >= 0.6 is 0 Å². The van der Waals surface area contributed by atoms with Crippen LogP contribution in [0.3, 0.4) is 0 Å². The van der Waals surface area contributed by atoms with Crippen LogP contribution in [0.15, 0.2) is 0 Å². The van der Waals surface area contributed by atoms with Crippen LogP contribution in [0, 0.1) is 69.0 Å². The molecule has 2 heterocycles. The smallest absolute Gasteiger partial charge is 0.312 e. The Morgan fingerprint density at radius 1 is 0.600 bits per heavy atom. The fourth-order valence-corrected chi connectivity index (χ4v) is 15.0. The Labute approximate surface area is 447 Å². The molecule has 12 fully saturated rings. The van der Waals surface area contributed by atoms with Gasteiger partial charge < -0.3 is 33.9 Å². The first-order valence-corrected chi connectivity index (χ1v) is 29.2. The highest BCUT2D eigenvalue weighted by Crippen LogP contribution is 2.62. The number of ether oxygens (including phenoxy) is 5. The van der Waals surface area contributed by atoms with E-state index in [-0.39, 0.29) is 103 Å². The maximum Gasteiger partial charge on any atom is 0.312 e. The Hall–Kier alpha value is -3.59. The molecule has 75 heavy (non-hydrogen) atoms. The molecule has 10 bridgehead atoms. The van der Waals surface area contributed by atoms with Gasteiger partial charge in [-0.3, -0.25) is 38.5 Å². The van der Waals surface area contributed by atoms with Crippen LogP contribution in [0.5, 0.6) is 0 Å². The van der Waals surface area contributed by atoms with E-state index in [1.165, 1.54) is 32.1 Å². The quantitative estimate of drug-likeness (QED) is 0.0889. The summed E-state index contributed by atoms with van der Waals surface area (Å²) in [6.45, 7) is 25.7. The van der Waals surface area contributed by atoms with Crippen molar-refractivity contribution in [2.24, 2.45) is 69.0 Å². The minimum absolute atomic E-state index is 0.0364. The normalized spacial score (nSPS) is 37.4. The molecule has 0 aromatic heterocycles. The van der Waals surface area contributed by atoms with Gasteiger partial charge in [-0.05, 0) is 181 Å². The molecule has 10 aliphatic carbocycles. The molecule has 7 atom stereocenters. The lowest BCUT2D eigenvalue weighted by molar-refractivity contribution is -0.264. The van der Waals surface area contributed by atoms with E-state index in [0.29, 0.717) is 49.4 Å². The first-order valence-electron chi connectivity index (χ1n) is 29.2. The van der Waals surface area contributed by atoms with Gasteiger partial charge in [0.1, 0.15) is 30.0 Å². The van der Waals surface area contributed by atoms with Gasteiger partial charge in [0.25, 0.3) is 0 Å². The summed E-state index contributed by atoms with van der Waals surface area (Å²) in [5.74, 6) is 3.05. The van der Waals surface area contributed by atoms with Crippen LogP contribution in [0.4, 0.5) is 0 Å². The topological polar surface area (TPSA) is 209 Å². The monoisotopic (exact) mass is 1050 g/mol. The van der Waals surface area contributed by atoms with Gasteiger partial charge in [0.15, 0.2) is 0 Å². The van der Waals surface area contributed by atoms with Gasteiger partial charge >= 0.3 is 29.8 Å². The van der Waals surface area contributed by atoms with E-state index >= 15 is 0 Å². The van der Waals surface area contributed by atoms with Gasteiger partial charge in [-0.2, -0.15) is 0 Å². The van der Waals surface area contributed by atoms with E-state index < -0.39 is 33.0 Å². The molecular formula is C60H95NO14. The lowest BCUT2D eigenvalue weighted by Crippen LogP contribution is -2.67. The number of esters is 5. The molecule has 12 rings (SSSR count). The summed E-state index contributed by atoms with van der Waals surface area (Å²) in [6.07, 6.45) is 16.4. The summed E-state index contributed by atoms with van der Waals surface area (Å²) in [4.78, 5) is 84.1. The lowest BCUT2D eigenvalue weighted by atomic mass is 9.49. The molecule has 0 spiro atoms. The maximum absolute atomic E-state index is 12.6. The van der Waals surface area contributed by atoms with Gasteiger partial charge in [-0.25, -0.2) is 0 Å². The SMILES string of the molecule is CCC(C)(C)C(=O)OC1(CC)C2CC3CC(C2)CC1C3.CCC(C)(C)C(=O)OC12CC3CC(O)(CC(O)(C3)C1)C2.CCC(C)(C)C(=O)OC1C2CC3C(=O)OC1C3C2.CCC(C)(C)C(=O)OCCN1C(=O)CCC1=O. The average Bonchev–Trinajstić information content (AvgIpc) is 4.06. The van der Waals surface area contributed by atoms with Crippen molar-refractivity contribution in [3.63, 3.8) is 0 Å². The fraction of sp³-hybridized carbons (Fsp3) is 0.883. The molecule has 15 heteroatoms. The van der Waals surface area contributed by atoms with Crippen LogP contribution in [0.2, 0.25) is 0 Å². The maximum atomic E-state index is 12.6. The average molecular weight is 1050 g/mol. The van der Waals surface area contributed by atoms with E-state index in [2.05, 4.69) is 13.8 Å². The van der Waals surface area contributed by atoms with Crippen LogP contribution in [0.1, 0.15) is 218 Å². The van der Waals surface area contributed by atoms with Gasteiger partial charge in [-0.1, -0.05) is 34.6 Å². The van der Waals surface area contributed by atoms with Gasteiger partial charge in [-0.15, -0.1) is 0 Å². The molecule has 424 valence electrons. The molecule has 2 aliphatic heterocycles. The molecular weight excluding hydrogens is 959 g/mol. The van der Waals surface area contributed by atoms with Gasteiger partial charge in [0.2, 0.25) is 11.8 Å². The van der Waals surface area contributed by atoms with Crippen LogP contribution in [-0.2, 0) is 57.2 Å². The highest BCUT2D eigenvalue weighted by atomic mass is 16.6. The summed E-state index contributed by atoms with van der Waals surface area (Å²) in [5, 5.41) is 21.3. The second-order valence-electron chi connectivity index (χ2n) is 27.8. The highest BCUT2D eigenvalue weighted by molar-refractivity contribution is 6.01. The second kappa shape index (κ2) is 21.6. The lowest BCUT2D eigenvalue weighted by Gasteiger charge is -2.62. The van der Waals surface area contributed by atoms with Crippen LogP contribution in [-0.4, -0.2) is 105 Å². The molecule has 2 saturated heterocycles. The minimum atomic E-state index is -0.842. The van der Waals surface area contributed by atoms with Gasteiger partial charge in [0, 0.05) is 43.9 Å². The first kappa shape index (κ1) is 59.1. The summed E-state index contributed by atoms with van der Waals surface area (Å²) < 4.78 is 28.3. The van der Waals surface area contributed by atoms with E-state index in [1.807, 2.05) is 76.2 Å². The largest absolute Gasteiger partial charge is 0.463 e. The number of hydrogen-bond acceptors (Lipinski definition) is 14. The van der Waals surface area contributed by atoms with E-state index in [1.54, 1.807) is 0 Å². The molecule has 2 amide bonds. The predicted molar refractivity (Wildman–Crippen MR) is 279 cm³/mol. The van der Waals surface area contributed by atoms with Crippen molar-refractivity contribution in [1.82, 2.24) is 4.90 Å². The highest BCUT2D eigenvalue weighted by Gasteiger charge is 2.66. The third kappa shape index (κ3) is 12.0. The summed E-state index contributed by atoms with van der Waals surface area (Å²) in [6, 6.07) is 0. The Morgan fingerprint density at radius 2 is 1.08 bits per heavy atom. The number of carbonyl (C=O) groups excluding carboxylic acids is 7. The number of aliphatic hydroxyl groups is 2. The molecule has 0 aromatic carbocycles. The van der Waals surface area contributed by atoms with Crippen LogP contribution in [0.25, 0.3) is 0 Å². The first-order chi connectivity index (χ1) is 34.8. The molecule has 0 radical (unpaired) electrons. The third-order valence-corrected chi connectivity index (χ3v) is 20.7. The molecule has 0 aromatic rings. The number of imide groups is 1. The summed E-state index contributed by atoms with van der Waals surface area (Å²) in [5.41, 5.74) is -4.27. The molecule has 10 saturated carbocycles. The zero-order valence-electron chi connectivity index (χ0n) is 48.1. The molecule has 15 nitrogen and oxygen atoms in total. The molecule has 12 aliphatic rings. The predicted octanol–water partition coefficient (Wildman–Crippen LogP) is 9.77. The van der Waals surface area contributed by atoms with Crippen LogP contribution < -0.4 is 0 Å². The van der Waals surface area contributed by atoms with Crippen molar-refractivity contribution in [1.29, 1.82) is 0 Å². The Morgan fingerprint density at radius 3 is 1.56 bits per heavy atom. The standard InChI is InChI=1S/C18H30O2.C16H26O4.C14H20O4.C12H19NO4/c1-5-17(3,4)16(19)20-18(6-2)14-8-12-7-13(10-14)11-15(18)9-12;1-4-13(2,3)12(17)20-16-7-11-5-14(18,9-16)8-15(19,6-11)10-16;1-4-14(2,3)13(16)18-10-7-5-8-9(6-7)12(15)17-11(8)10;1-4-12(2,3)11(16)17-8-7-13-9(14)5-6-10(13)15/h12-15H,5-11H2,1-4H3;11,18-19H,4-10H2,1-3H3;7-11H,4-6H2,1-3H3;4-8H2,1-3H3. The number of amides is 2. The van der Waals surface area contributed by atoms with E-state index in [9.17, 15) is 43.8 Å². The number of hydrogen-bond donors (Lipinski definition) is 2. The van der Waals surface area contributed by atoms with E-state index in [4.69, 9.17) is 23.7 Å². The van der Waals surface area contributed by atoms with Crippen molar-refractivity contribution < 1.29 is 67.5 Å². The molecule has 2 N–H and O–H groups in total. The second-order valence-corrected chi connectivity index (χ2v) is 27.8. The van der Waals surface area contributed by atoms with Crippen molar-refractivity contribution in [2.45, 2.75) is 253 Å². The summed E-state index contributed by atoms with van der Waals surface area (Å²) in [7, 11) is 0. The number of carbonyl (C=O) groups is 7. The Kier molecular flexibility index (Phi) is 17.0. The van der Waals surface area contributed by atoms with Crippen molar-refractivity contribution in [3.05, 3.63) is 0 Å². The minimum Gasteiger partial charge on any atom is -0.463 e. The zero-order chi connectivity index (χ0) is 55.5. The third-order valence-electron chi connectivity index (χ3n) is 20.7. The van der Waals surface area contributed by atoms with Crippen molar-refractivity contribution in [3.8, 4) is 0 Å². The number of fused-ring (bicyclic) bond motifs is 1. The number of likely N-dealkylation sites (tertiary alicyclic amines) is 1. The van der Waals surface area contributed by atoms with Crippen molar-refractivity contribution in [2.75, 3.05) is 13.2 Å². The Bertz CT molecular complexity index is 2110. The molecule has 7 unspecified atom stereocenters. The van der Waals surface area contributed by atoms with Gasteiger partial charge in [0.05, 0.1) is 45.3 Å². The Balaban J connectivity index is 0.000000146. The van der Waals surface area contributed by atoms with E-state index in [0.717, 1.165) is 74.5 Å². The number of nitrogens with zero attached hydrogens (tertiary/aromatic N) is 1. The fourth-order valence-electron chi connectivity index (χ4n) is 15.0. The van der Waals surface area contributed by atoms with Crippen molar-refractivity contribution >= 4 is 41.7 Å². The summed E-state index contributed by atoms with van der Waals surface area (Å²) >= 11 is 0. The number of rotatable bonds is 15. The zero-order valence-corrected chi connectivity index (χ0v) is 48.1.